The van der Waals surface area contributed by atoms with Gasteiger partial charge in [-0.15, -0.1) is 0 Å². The van der Waals surface area contributed by atoms with Crippen molar-refractivity contribution < 1.29 is 14.7 Å². The number of Topliss-reactive ketones (excluding diaryl/α,β-unsaturated/α-hetero) is 1. The van der Waals surface area contributed by atoms with Crippen molar-refractivity contribution in [2.75, 3.05) is 4.90 Å². The first-order chi connectivity index (χ1) is 14.5. The van der Waals surface area contributed by atoms with Gasteiger partial charge in [0.05, 0.1) is 22.9 Å². The molecule has 1 saturated heterocycles. The quantitative estimate of drug-likeness (QED) is 0.357. The number of rotatable bonds is 3. The monoisotopic (exact) mass is 459 g/mol. The molecule has 30 heavy (non-hydrogen) atoms. The van der Waals surface area contributed by atoms with Crippen LogP contribution in [-0.4, -0.2) is 21.8 Å². The van der Waals surface area contributed by atoms with Gasteiger partial charge in [-0.1, -0.05) is 34.1 Å². The second-order valence-electron chi connectivity index (χ2n) is 6.59. The van der Waals surface area contributed by atoms with E-state index in [4.69, 9.17) is 5.26 Å². The lowest BCUT2D eigenvalue weighted by molar-refractivity contribution is -0.132. The van der Waals surface area contributed by atoms with Crippen molar-refractivity contribution >= 4 is 39.1 Å². The highest BCUT2D eigenvalue weighted by Crippen LogP contribution is 2.41. The zero-order valence-corrected chi connectivity index (χ0v) is 17.1. The third-order valence-electron chi connectivity index (χ3n) is 4.80. The topological polar surface area (TPSA) is 94.3 Å². The number of aliphatic hydroxyl groups excluding tert-OH is 1. The Bertz CT molecular complexity index is 1200. The first-order valence-electron chi connectivity index (χ1n) is 8.99. The second kappa shape index (κ2) is 7.93. The summed E-state index contributed by atoms with van der Waals surface area (Å²) in [6, 6.07) is 19.4. The van der Waals surface area contributed by atoms with Crippen LogP contribution in [-0.2, 0) is 9.59 Å². The van der Waals surface area contributed by atoms with Gasteiger partial charge in [-0.25, -0.2) is 0 Å². The molecule has 2 aromatic carbocycles. The number of halogens is 1. The molecule has 1 atom stereocenters. The van der Waals surface area contributed by atoms with Crippen LogP contribution in [0, 0.1) is 11.3 Å². The highest BCUT2D eigenvalue weighted by molar-refractivity contribution is 9.10. The number of carbonyl (C=O) groups is 2. The van der Waals surface area contributed by atoms with Gasteiger partial charge in [-0.3, -0.25) is 19.5 Å². The Hall–Kier alpha value is -3.76. The molecule has 1 aromatic heterocycles. The largest absolute Gasteiger partial charge is 0.507 e. The van der Waals surface area contributed by atoms with Gasteiger partial charge >= 0.3 is 0 Å². The van der Waals surface area contributed by atoms with E-state index < -0.39 is 17.7 Å². The Morgan fingerprint density at radius 3 is 2.33 bits per heavy atom. The zero-order valence-electron chi connectivity index (χ0n) is 15.5. The van der Waals surface area contributed by atoms with Gasteiger partial charge in [0, 0.05) is 21.9 Å². The lowest BCUT2D eigenvalue weighted by Gasteiger charge is -2.24. The molecular weight excluding hydrogens is 446 g/mol. The molecule has 1 N–H and O–H groups in total. The Morgan fingerprint density at radius 2 is 1.73 bits per heavy atom. The maximum Gasteiger partial charge on any atom is 0.300 e. The fourth-order valence-corrected chi connectivity index (χ4v) is 3.64. The van der Waals surface area contributed by atoms with Gasteiger partial charge in [-0.05, 0) is 48.5 Å². The molecule has 1 aliphatic rings. The Kier molecular flexibility index (Phi) is 5.17. The minimum atomic E-state index is -0.900. The number of nitriles is 1. The van der Waals surface area contributed by atoms with Crippen LogP contribution < -0.4 is 4.90 Å². The highest BCUT2D eigenvalue weighted by Gasteiger charge is 2.47. The summed E-state index contributed by atoms with van der Waals surface area (Å²) in [4.78, 5) is 31.6. The van der Waals surface area contributed by atoms with Crippen LogP contribution in [0.4, 0.5) is 5.69 Å². The summed E-state index contributed by atoms with van der Waals surface area (Å²) < 4.78 is 0.818. The number of hydrogen-bond donors (Lipinski definition) is 1. The van der Waals surface area contributed by atoms with Crippen LogP contribution in [0.3, 0.4) is 0 Å². The molecule has 7 heteroatoms. The van der Waals surface area contributed by atoms with Crippen molar-refractivity contribution in [3.8, 4) is 6.07 Å². The predicted molar refractivity (Wildman–Crippen MR) is 114 cm³/mol. The van der Waals surface area contributed by atoms with Crippen LogP contribution in [0.1, 0.15) is 22.9 Å². The van der Waals surface area contributed by atoms with E-state index in [1.165, 1.54) is 4.90 Å². The van der Waals surface area contributed by atoms with E-state index >= 15 is 0 Å². The lowest BCUT2D eigenvalue weighted by atomic mass is 9.98. The number of carbonyl (C=O) groups excluding carboxylic acids is 2. The summed E-state index contributed by atoms with van der Waals surface area (Å²) in [5.41, 5.74) is 1.68. The van der Waals surface area contributed by atoms with Crippen LogP contribution >= 0.6 is 15.9 Å². The third kappa shape index (κ3) is 3.38. The SMILES string of the molecule is N#Cc1ccc(N2C(=O)C(=O)/C(=C(\O)c3ccc(Br)cc3)C2c2ccccn2)cc1. The summed E-state index contributed by atoms with van der Waals surface area (Å²) in [7, 11) is 0. The standard InChI is InChI=1S/C23H14BrN3O3/c24-16-8-6-15(7-9-16)21(28)19-20(18-3-1-2-12-26-18)27(23(30)22(19)29)17-10-4-14(13-25)5-11-17/h1-12,20,28H/b21-19-. The zero-order chi connectivity index (χ0) is 21.3. The maximum absolute atomic E-state index is 13.0. The van der Waals surface area contributed by atoms with Crippen LogP contribution in [0.2, 0.25) is 0 Å². The van der Waals surface area contributed by atoms with Crippen molar-refractivity contribution in [3.05, 3.63) is 99.8 Å². The molecule has 4 rings (SSSR count). The highest BCUT2D eigenvalue weighted by atomic mass is 79.9. The summed E-state index contributed by atoms with van der Waals surface area (Å²) in [5, 5.41) is 20.0. The molecular formula is C23H14BrN3O3. The Morgan fingerprint density at radius 1 is 1.03 bits per heavy atom. The molecule has 146 valence electrons. The van der Waals surface area contributed by atoms with Crippen LogP contribution in [0.5, 0.6) is 0 Å². The molecule has 1 fully saturated rings. The number of amides is 1. The molecule has 6 nitrogen and oxygen atoms in total. The van der Waals surface area contributed by atoms with Gasteiger partial charge in [0.2, 0.25) is 0 Å². The minimum absolute atomic E-state index is 0.0367. The summed E-state index contributed by atoms with van der Waals surface area (Å²) in [6.45, 7) is 0. The number of benzene rings is 2. The van der Waals surface area contributed by atoms with Gasteiger partial charge in [0.1, 0.15) is 11.8 Å². The fourth-order valence-electron chi connectivity index (χ4n) is 3.38. The van der Waals surface area contributed by atoms with Gasteiger partial charge in [0.25, 0.3) is 11.7 Å². The lowest BCUT2D eigenvalue weighted by Crippen LogP contribution is -2.29. The van der Waals surface area contributed by atoms with E-state index in [0.717, 1.165) is 4.47 Å². The number of pyridine rings is 1. The number of nitrogens with zero attached hydrogens (tertiary/aromatic N) is 3. The van der Waals surface area contributed by atoms with E-state index in [2.05, 4.69) is 20.9 Å². The van der Waals surface area contributed by atoms with Crippen molar-refractivity contribution in [3.63, 3.8) is 0 Å². The summed E-state index contributed by atoms with van der Waals surface area (Å²) >= 11 is 3.34. The number of hydrogen-bond acceptors (Lipinski definition) is 5. The summed E-state index contributed by atoms with van der Waals surface area (Å²) in [6.07, 6.45) is 1.56. The number of aliphatic hydroxyl groups is 1. The van der Waals surface area contributed by atoms with Crippen molar-refractivity contribution in [2.24, 2.45) is 0 Å². The van der Waals surface area contributed by atoms with Crippen LogP contribution in [0.25, 0.3) is 5.76 Å². The maximum atomic E-state index is 13.0. The summed E-state index contributed by atoms with van der Waals surface area (Å²) in [5.74, 6) is -1.84. The molecule has 0 aliphatic carbocycles. The minimum Gasteiger partial charge on any atom is -0.507 e. The second-order valence-corrected chi connectivity index (χ2v) is 7.50. The van der Waals surface area contributed by atoms with Crippen molar-refractivity contribution in [2.45, 2.75) is 6.04 Å². The van der Waals surface area contributed by atoms with E-state index in [1.54, 1.807) is 72.9 Å². The molecule has 1 aliphatic heterocycles. The molecule has 0 radical (unpaired) electrons. The Balaban J connectivity index is 1.92. The molecule has 0 saturated carbocycles. The Labute approximate surface area is 180 Å². The molecule has 0 bridgehead atoms. The average molecular weight is 460 g/mol. The number of aromatic nitrogens is 1. The molecule has 3 aromatic rings. The first-order valence-corrected chi connectivity index (χ1v) is 9.78. The van der Waals surface area contributed by atoms with Gasteiger partial charge in [0.15, 0.2) is 0 Å². The van der Waals surface area contributed by atoms with Gasteiger partial charge in [-0.2, -0.15) is 5.26 Å². The third-order valence-corrected chi connectivity index (χ3v) is 5.33. The van der Waals surface area contributed by atoms with Gasteiger partial charge < -0.3 is 5.11 Å². The van der Waals surface area contributed by atoms with E-state index in [0.29, 0.717) is 22.5 Å². The number of ketones is 1. The fraction of sp³-hybridized carbons (Fsp3) is 0.0435. The van der Waals surface area contributed by atoms with Crippen molar-refractivity contribution in [1.82, 2.24) is 4.98 Å². The van der Waals surface area contributed by atoms with Crippen molar-refractivity contribution in [1.29, 1.82) is 5.26 Å². The molecule has 1 amide bonds. The van der Waals surface area contributed by atoms with E-state index in [9.17, 15) is 14.7 Å². The number of anilines is 1. The molecule has 1 unspecified atom stereocenters. The normalized spacial score (nSPS) is 17.7. The average Bonchev–Trinajstić information content (AvgIpc) is 3.05. The molecule has 2 heterocycles. The van der Waals surface area contributed by atoms with Crippen LogP contribution in [0.15, 0.2) is 83.0 Å². The first kappa shape index (κ1) is 19.6. The van der Waals surface area contributed by atoms with E-state index in [-0.39, 0.29) is 11.3 Å². The predicted octanol–water partition coefficient (Wildman–Crippen LogP) is 4.34. The molecule has 0 spiro atoms. The van der Waals surface area contributed by atoms with E-state index in [1.807, 2.05) is 6.07 Å². The smallest absolute Gasteiger partial charge is 0.300 e.